The van der Waals surface area contributed by atoms with E-state index in [0.29, 0.717) is 11.5 Å². The highest BCUT2D eigenvalue weighted by Crippen LogP contribution is 2.35. The van der Waals surface area contributed by atoms with Crippen molar-refractivity contribution in [2.24, 2.45) is 0 Å². The summed E-state index contributed by atoms with van der Waals surface area (Å²) in [6, 6.07) is 3.73. The lowest BCUT2D eigenvalue weighted by molar-refractivity contribution is 0.356. The van der Waals surface area contributed by atoms with E-state index in [1.165, 1.54) is 6.26 Å². The van der Waals surface area contributed by atoms with E-state index in [-0.39, 0.29) is 0 Å². The lowest BCUT2D eigenvalue weighted by Gasteiger charge is -2.23. The maximum atomic E-state index is 10.7. The Bertz CT molecular complexity index is 843. The molecule has 0 spiro atoms. The van der Waals surface area contributed by atoms with Crippen LogP contribution in [0.4, 0.5) is 5.82 Å². The van der Waals surface area contributed by atoms with Crippen molar-refractivity contribution in [3.8, 4) is 11.5 Å². The first-order valence-electron chi connectivity index (χ1n) is 8.25. The van der Waals surface area contributed by atoms with Gasteiger partial charge in [-0.05, 0) is 30.9 Å². The van der Waals surface area contributed by atoms with Gasteiger partial charge in [0.2, 0.25) is 0 Å². The summed E-state index contributed by atoms with van der Waals surface area (Å²) in [6.45, 7) is 1.56. The number of anilines is 1. The van der Waals surface area contributed by atoms with Crippen molar-refractivity contribution in [3.63, 3.8) is 0 Å². The number of hydrogen-bond donors (Lipinski definition) is 1. The highest BCUT2D eigenvalue weighted by molar-refractivity contribution is 7.32. The summed E-state index contributed by atoms with van der Waals surface area (Å²) in [5.74, 6) is 2.10. The van der Waals surface area contributed by atoms with E-state index in [9.17, 15) is 4.57 Å². The molecule has 1 aliphatic rings. The van der Waals surface area contributed by atoms with Crippen LogP contribution in [0.5, 0.6) is 11.5 Å². The molecule has 138 valence electrons. The molecule has 0 bridgehead atoms. The van der Waals surface area contributed by atoms with Crippen LogP contribution in [-0.2, 0) is 9.09 Å². The van der Waals surface area contributed by atoms with Gasteiger partial charge in [0.25, 0.3) is 0 Å². The molecule has 8 nitrogen and oxygen atoms in total. The predicted molar refractivity (Wildman–Crippen MR) is 97.7 cm³/mol. The van der Waals surface area contributed by atoms with Crippen molar-refractivity contribution >= 4 is 25.0 Å². The van der Waals surface area contributed by atoms with Gasteiger partial charge in [-0.3, -0.25) is 0 Å². The summed E-state index contributed by atoms with van der Waals surface area (Å²) in [6.07, 6.45) is 5.41. The number of rotatable bonds is 5. The van der Waals surface area contributed by atoms with Crippen LogP contribution in [0.1, 0.15) is 19.3 Å². The lowest BCUT2D eigenvalue weighted by Crippen LogP contribution is -2.25. The minimum atomic E-state index is -2.61. The summed E-state index contributed by atoms with van der Waals surface area (Å²) < 4.78 is 26.2. The predicted octanol–water partition coefficient (Wildman–Crippen LogP) is 3.19. The van der Waals surface area contributed by atoms with Crippen molar-refractivity contribution in [2.45, 2.75) is 19.3 Å². The molecule has 0 aliphatic carbocycles. The number of methoxy groups -OCH3 is 2. The number of hydrogen-bond acceptors (Lipinski definition) is 7. The number of fused-ring (bicyclic) bond motifs is 1. The van der Waals surface area contributed by atoms with Crippen LogP contribution in [0, 0.1) is 0 Å². The highest BCUT2D eigenvalue weighted by atomic mass is 31.1. The first kappa shape index (κ1) is 18.4. The topological polar surface area (TPSA) is 94.0 Å². The Morgan fingerprint density at radius 1 is 1.15 bits per heavy atom. The van der Waals surface area contributed by atoms with Crippen LogP contribution in [0.2, 0.25) is 0 Å². The summed E-state index contributed by atoms with van der Waals surface area (Å²) in [7, 11) is 0.584. The van der Waals surface area contributed by atoms with Crippen molar-refractivity contribution in [3.05, 3.63) is 30.3 Å². The Kier molecular flexibility index (Phi) is 5.85. The SMILES string of the molecule is COc1cc2ncnc(N3CCC/C(=C\O[P+](=O)O)CC3)c2cc1OC. The van der Waals surface area contributed by atoms with E-state index >= 15 is 0 Å². The molecule has 2 heterocycles. The van der Waals surface area contributed by atoms with Gasteiger partial charge in [0.1, 0.15) is 12.1 Å². The zero-order valence-corrected chi connectivity index (χ0v) is 15.6. The summed E-state index contributed by atoms with van der Waals surface area (Å²) in [5.41, 5.74) is 1.80. The van der Waals surface area contributed by atoms with Crippen molar-refractivity contribution in [2.75, 3.05) is 32.2 Å². The van der Waals surface area contributed by atoms with E-state index in [2.05, 4.69) is 14.9 Å². The molecule has 1 saturated heterocycles. The lowest BCUT2D eigenvalue weighted by atomic mass is 10.1. The maximum absolute atomic E-state index is 10.7. The Morgan fingerprint density at radius 2 is 1.92 bits per heavy atom. The molecule has 1 aromatic carbocycles. The molecule has 9 heteroatoms. The van der Waals surface area contributed by atoms with E-state index in [1.807, 2.05) is 12.1 Å². The van der Waals surface area contributed by atoms with Crippen molar-refractivity contribution < 1.29 is 23.5 Å². The van der Waals surface area contributed by atoms with Gasteiger partial charge in [-0.1, -0.05) is 0 Å². The van der Waals surface area contributed by atoms with E-state index < -0.39 is 8.25 Å². The normalized spacial score (nSPS) is 17.1. The second-order valence-electron chi connectivity index (χ2n) is 5.88. The zero-order chi connectivity index (χ0) is 18.5. The molecule has 0 radical (unpaired) electrons. The second-order valence-corrected chi connectivity index (χ2v) is 6.57. The Balaban J connectivity index is 1.90. The third-order valence-corrected chi connectivity index (χ3v) is 4.64. The Labute approximate surface area is 152 Å². The van der Waals surface area contributed by atoms with Crippen molar-refractivity contribution in [1.82, 2.24) is 9.97 Å². The van der Waals surface area contributed by atoms with Gasteiger partial charge in [0.05, 0.1) is 19.7 Å². The zero-order valence-electron chi connectivity index (χ0n) is 14.7. The first-order valence-corrected chi connectivity index (χ1v) is 9.38. The summed E-state index contributed by atoms with van der Waals surface area (Å²) in [5, 5.41) is 0.896. The number of nitrogens with zero attached hydrogens (tertiary/aromatic N) is 3. The van der Waals surface area contributed by atoms with Crippen LogP contribution < -0.4 is 14.4 Å². The molecule has 1 aromatic heterocycles. The summed E-state index contributed by atoms with van der Waals surface area (Å²) >= 11 is 0. The minimum Gasteiger partial charge on any atom is -0.493 e. The van der Waals surface area contributed by atoms with Gasteiger partial charge >= 0.3 is 8.25 Å². The molecular formula is C17H21N3O5P+. The fourth-order valence-corrected chi connectivity index (χ4v) is 3.32. The maximum Gasteiger partial charge on any atom is 0.746 e. The molecule has 1 N–H and O–H groups in total. The molecule has 1 aliphatic heterocycles. The molecule has 1 atom stereocenters. The fraction of sp³-hybridized carbons (Fsp3) is 0.412. The van der Waals surface area contributed by atoms with Crippen LogP contribution in [-0.4, -0.2) is 42.2 Å². The fourth-order valence-electron chi connectivity index (χ4n) is 3.08. The van der Waals surface area contributed by atoms with E-state index in [4.69, 9.17) is 18.9 Å². The smallest absolute Gasteiger partial charge is 0.493 e. The van der Waals surface area contributed by atoms with Crippen LogP contribution in [0.3, 0.4) is 0 Å². The average Bonchev–Trinajstić information content (AvgIpc) is 2.90. The van der Waals surface area contributed by atoms with Gasteiger partial charge < -0.3 is 14.4 Å². The van der Waals surface area contributed by atoms with E-state index in [0.717, 1.165) is 54.6 Å². The molecule has 2 aromatic rings. The molecule has 26 heavy (non-hydrogen) atoms. The van der Waals surface area contributed by atoms with Crippen LogP contribution in [0.15, 0.2) is 30.3 Å². The third-order valence-electron chi connectivity index (χ3n) is 4.36. The molecule has 1 fully saturated rings. The van der Waals surface area contributed by atoms with Gasteiger partial charge in [0.15, 0.2) is 17.8 Å². The number of ether oxygens (including phenoxy) is 2. The van der Waals surface area contributed by atoms with E-state index in [1.54, 1.807) is 20.5 Å². The van der Waals surface area contributed by atoms with Gasteiger partial charge in [-0.15, -0.1) is 4.89 Å². The standard InChI is InChI=1S/C17H20N3O5P/c1-23-15-8-13-14(9-16(15)24-2)18-11-19-17(13)20-6-3-4-12(5-7-20)10-25-26(21)22/h8-11H,3-7H2,1-2H3/p+1/b12-10+. The molecule has 1 unspecified atom stereocenters. The second kappa shape index (κ2) is 8.29. The summed E-state index contributed by atoms with van der Waals surface area (Å²) in [4.78, 5) is 19.8. The molecule has 0 saturated carbocycles. The average molecular weight is 378 g/mol. The van der Waals surface area contributed by atoms with Gasteiger partial charge in [0, 0.05) is 29.1 Å². The Hall–Kier alpha value is -2.44. The molecule has 3 rings (SSSR count). The van der Waals surface area contributed by atoms with Crippen LogP contribution in [0.25, 0.3) is 10.9 Å². The first-order chi connectivity index (χ1) is 12.6. The number of benzene rings is 1. The minimum absolute atomic E-state index is 0.626. The largest absolute Gasteiger partial charge is 0.746 e. The third kappa shape index (κ3) is 4.03. The number of aromatic nitrogens is 2. The van der Waals surface area contributed by atoms with Crippen molar-refractivity contribution in [1.29, 1.82) is 0 Å². The monoisotopic (exact) mass is 378 g/mol. The molecular weight excluding hydrogens is 357 g/mol. The van der Waals surface area contributed by atoms with Crippen LogP contribution >= 0.6 is 8.25 Å². The highest BCUT2D eigenvalue weighted by Gasteiger charge is 2.19. The van der Waals surface area contributed by atoms with Gasteiger partial charge in [-0.2, -0.15) is 0 Å². The quantitative estimate of drug-likeness (QED) is 0.626. The van der Waals surface area contributed by atoms with Gasteiger partial charge in [-0.25, -0.2) is 14.5 Å². The molecule has 0 amide bonds. The Morgan fingerprint density at radius 3 is 2.65 bits per heavy atom.